The molecule has 0 atom stereocenters. The van der Waals surface area contributed by atoms with Crippen molar-refractivity contribution in [3.05, 3.63) is 29.1 Å². The van der Waals surface area contributed by atoms with Gasteiger partial charge < -0.3 is 10.5 Å². The predicted octanol–water partition coefficient (Wildman–Crippen LogP) is 2.37. The summed E-state index contributed by atoms with van der Waals surface area (Å²) in [6, 6.07) is 6.07. The van der Waals surface area contributed by atoms with Crippen LogP contribution in [0.3, 0.4) is 0 Å². The topological polar surface area (TPSA) is 35.2 Å². The van der Waals surface area contributed by atoms with E-state index < -0.39 is 0 Å². The standard InChI is InChI=1S/C10H11NOS/c1-12-8-2-3-10-9(4-8)7(5-11)6-13-10/h2-4,6H,5,11H2,1H3. The fraction of sp³-hybridized carbons (Fsp3) is 0.200. The van der Waals surface area contributed by atoms with Crippen LogP contribution >= 0.6 is 11.3 Å². The van der Waals surface area contributed by atoms with Gasteiger partial charge in [-0.1, -0.05) is 0 Å². The lowest BCUT2D eigenvalue weighted by molar-refractivity contribution is 0.415. The van der Waals surface area contributed by atoms with Gasteiger partial charge in [0, 0.05) is 16.6 Å². The maximum atomic E-state index is 5.62. The molecule has 0 aliphatic heterocycles. The van der Waals surface area contributed by atoms with Crippen LogP contribution in [0.5, 0.6) is 5.75 Å². The first-order valence-corrected chi connectivity index (χ1v) is 4.97. The Morgan fingerprint density at radius 1 is 1.46 bits per heavy atom. The van der Waals surface area contributed by atoms with Gasteiger partial charge in [0.2, 0.25) is 0 Å². The number of benzene rings is 1. The molecule has 1 aromatic carbocycles. The maximum absolute atomic E-state index is 5.62. The van der Waals surface area contributed by atoms with E-state index in [-0.39, 0.29) is 0 Å². The number of methoxy groups -OCH3 is 1. The average Bonchev–Trinajstić information content (AvgIpc) is 2.59. The van der Waals surface area contributed by atoms with Crippen molar-refractivity contribution in [3.8, 4) is 5.75 Å². The third-order valence-electron chi connectivity index (χ3n) is 2.08. The molecule has 1 aromatic heterocycles. The van der Waals surface area contributed by atoms with Gasteiger partial charge in [0.25, 0.3) is 0 Å². The van der Waals surface area contributed by atoms with Gasteiger partial charge >= 0.3 is 0 Å². The maximum Gasteiger partial charge on any atom is 0.119 e. The number of fused-ring (bicyclic) bond motifs is 1. The van der Waals surface area contributed by atoms with Crippen molar-refractivity contribution in [1.29, 1.82) is 0 Å². The summed E-state index contributed by atoms with van der Waals surface area (Å²) >= 11 is 1.72. The highest BCUT2D eigenvalue weighted by Gasteiger charge is 2.03. The minimum absolute atomic E-state index is 0.590. The van der Waals surface area contributed by atoms with Crippen molar-refractivity contribution in [1.82, 2.24) is 0 Å². The zero-order valence-corrected chi connectivity index (χ0v) is 8.23. The number of thiophene rings is 1. The Bertz CT molecular complexity index is 422. The molecule has 2 nitrogen and oxygen atoms in total. The zero-order chi connectivity index (χ0) is 9.26. The first-order valence-electron chi connectivity index (χ1n) is 4.09. The molecule has 3 heteroatoms. The van der Waals surface area contributed by atoms with Crippen molar-refractivity contribution >= 4 is 21.4 Å². The van der Waals surface area contributed by atoms with Crippen LogP contribution in [0.25, 0.3) is 10.1 Å². The third kappa shape index (κ3) is 1.41. The summed E-state index contributed by atoms with van der Waals surface area (Å²) in [6.45, 7) is 0.590. The van der Waals surface area contributed by atoms with E-state index in [0.717, 1.165) is 5.75 Å². The summed E-state index contributed by atoms with van der Waals surface area (Å²) in [6.07, 6.45) is 0. The van der Waals surface area contributed by atoms with Crippen LogP contribution in [0, 0.1) is 0 Å². The van der Waals surface area contributed by atoms with E-state index in [1.807, 2.05) is 12.1 Å². The Labute approximate surface area is 80.9 Å². The SMILES string of the molecule is COc1ccc2scc(CN)c2c1. The third-order valence-corrected chi connectivity index (χ3v) is 3.09. The van der Waals surface area contributed by atoms with Crippen LogP contribution in [0.4, 0.5) is 0 Å². The first kappa shape index (κ1) is 8.53. The largest absolute Gasteiger partial charge is 0.497 e. The molecule has 0 saturated carbocycles. The van der Waals surface area contributed by atoms with Gasteiger partial charge in [0.15, 0.2) is 0 Å². The number of rotatable bonds is 2. The molecule has 68 valence electrons. The summed E-state index contributed by atoms with van der Waals surface area (Å²) in [5.74, 6) is 0.889. The zero-order valence-electron chi connectivity index (χ0n) is 7.41. The Balaban J connectivity index is 2.64. The number of nitrogens with two attached hydrogens (primary N) is 1. The molecular formula is C10H11NOS. The van der Waals surface area contributed by atoms with Crippen LogP contribution in [-0.2, 0) is 6.54 Å². The molecule has 2 aromatic rings. The van der Waals surface area contributed by atoms with Crippen molar-refractivity contribution in [2.24, 2.45) is 5.73 Å². The van der Waals surface area contributed by atoms with E-state index in [1.54, 1.807) is 18.4 Å². The van der Waals surface area contributed by atoms with Crippen LogP contribution in [0.2, 0.25) is 0 Å². The Hall–Kier alpha value is -1.06. The highest BCUT2D eigenvalue weighted by molar-refractivity contribution is 7.17. The molecule has 0 unspecified atom stereocenters. The fourth-order valence-electron chi connectivity index (χ4n) is 1.35. The number of hydrogen-bond acceptors (Lipinski definition) is 3. The minimum Gasteiger partial charge on any atom is -0.497 e. The second kappa shape index (κ2) is 3.36. The molecule has 0 aliphatic rings. The molecule has 2 N–H and O–H groups in total. The summed E-state index contributed by atoms with van der Waals surface area (Å²) in [4.78, 5) is 0. The van der Waals surface area contributed by atoms with Crippen LogP contribution in [0.1, 0.15) is 5.56 Å². The molecular weight excluding hydrogens is 182 g/mol. The van der Waals surface area contributed by atoms with Crippen LogP contribution in [0.15, 0.2) is 23.6 Å². The van der Waals surface area contributed by atoms with Gasteiger partial charge in [-0.25, -0.2) is 0 Å². The number of ether oxygens (including phenoxy) is 1. The molecule has 0 radical (unpaired) electrons. The monoisotopic (exact) mass is 193 g/mol. The smallest absolute Gasteiger partial charge is 0.119 e. The van der Waals surface area contributed by atoms with Gasteiger partial charge in [-0.15, -0.1) is 11.3 Å². The molecule has 2 rings (SSSR count). The quantitative estimate of drug-likeness (QED) is 0.794. The molecule has 0 aliphatic carbocycles. The molecule has 0 saturated heterocycles. The Morgan fingerprint density at radius 2 is 2.31 bits per heavy atom. The van der Waals surface area contributed by atoms with Crippen molar-refractivity contribution in [2.45, 2.75) is 6.54 Å². The summed E-state index contributed by atoms with van der Waals surface area (Å²) < 4.78 is 6.42. The Morgan fingerprint density at radius 3 is 3.00 bits per heavy atom. The lowest BCUT2D eigenvalue weighted by Crippen LogP contribution is -1.94. The summed E-state index contributed by atoms with van der Waals surface area (Å²) in [7, 11) is 1.68. The molecule has 0 amide bonds. The van der Waals surface area contributed by atoms with Gasteiger partial charge in [0.1, 0.15) is 5.75 Å². The van der Waals surface area contributed by atoms with Crippen molar-refractivity contribution < 1.29 is 4.74 Å². The highest BCUT2D eigenvalue weighted by Crippen LogP contribution is 2.28. The van der Waals surface area contributed by atoms with E-state index in [4.69, 9.17) is 10.5 Å². The molecule has 1 heterocycles. The normalized spacial score (nSPS) is 10.6. The number of hydrogen-bond donors (Lipinski definition) is 1. The van der Waals surface area contributed by atoms with E-state index in [1.165, 1.54) is 15.6 Å². The second-order valence-electron chi connectivity index (χ2n) is 2.83. The molecule has 0 bridgehead atoms. The fourth-order valence-corrected chi connectivity index (χ4v) is 2.30. The van der Waals surface area contributed by atoms with Crippen LogP contribution < -0.4 is 10.5 Å². The molecule has 13 heavy (non-hydrogen) atoms. The Kier molecular flexibility index (Phi) is 2.20. The molecule has 0 fully saturated rings. The van der Waals surface area contributed by atoms with Crippen molar-refractivity contribution in [2.75, 3.05) is 7.11 Å². The van der Waals surface area contributed by atoms with Gasteiger partial charge in [-0.3, -0.25) is 0 Å². The first-order chi connectivity index (χ1) is 6.35. The van der Waals surface area contributed by atoms with Gasteiger partial charge in [-0.05, 0) is 29.1 Å². The van der Waals surface area contributed by atoms with E-state index >= 15 is 0 Å². The summed E-state index contributed by atoms with van der Waals surface area (Å²) in [5, 5.41) is 3.32. The summed E-state index contributed by atoms with van der Waals surface area (Å²) in [5.41, 5.74) is 6.81. The van der Waals surface area contributed by atoms with E-state index in [0.29, 0.717) is 6.54 Å². The lowest BCUT2D eigenvalue weighted by atomic mass is 10.2. The lowest BCUT2D eigenvalue weighted by Gasteiger charge is -1.99. The predicted molar refractivity (Wildman–Crippen MR) is 56.3 cm³/mol. The van der Waals surface area contributed by atoms with E-state index in [2.05, 4.69) is 11.4 Å². The van der Waals surface area contributed by atoms with Crippen molar-refractivity contribution in [3.63, 3.8) is 0 Å². The van der Waals surface area contributed by atoms with E-state index in [9.17, 15) is 0 Å². The van der Waals surface area contributed by atoms with Gasteiger partial charge in [0.05, 0.1) is 7.11 Å². The average molecular weight is 193 g/mol. The minimum atomic E-state index is 0.590. The van der Waals surface area contributed by atoms with Gasteiger partial charge in [-0.2, -0.15) is 0 Å². The molecule has 0 spiro atoms. The second-order valence-corrected chi connectivity index (χ2v) is 3.74. The van der Waals surface area contributed by atoms with Crippen LogP contribution in [-0.4, -0.2) is 7.11 Å². The highest BCUT2D eigenvalue weighted by atomic mass is 32.1.